The Morgan fingerprint density at radius 2 is 1.95 bits per heavy atom. The van der Waals surface area contributed by atoms with Gasteiger partial charge in [0.15, 0.2) is 0 Å². The Bertz CT molecular complexity index is 746. The van der Waals surface area contributed by atoms with E-state index in [2.05, 4.69) is 80.5 Å². The summed E-state index contributed by atoms with van der Waals surface area (Å²) >= 11 is 3.55. The molecule has 0 fully saturated rings. The molecule has 3 rings (SSSR count). The van der Waals surface area contributed by atoms with Crippen LogP contribution in [0.15, 0.2) is 59.2 Å². The maximum Gasteiger partial charge on any atom is 0.0486 e. The molecule has 0 aliphatic heterocycles. The third kappa shape index (κ3) is 3.20. The predicted octanol–water partition coefficient (Wildman–Crippen LogP) is 4.21. The van der Waals surface area contributed by atoms with Gasteiger partial charge in [-0.3, -0.25) is 0 Å². The molecule has 0 unspecified atom stereocenters. The van der Waals surface area contributed by atoms with Crippen LogP contribution in [-0.2, 0) is 13.0 Å². The van der Waals surface area contributed by atoms with Crippen LogP contribution in [0.4, 0.5) is 0 Å². The zero-order valence-corrected chi connectivity index (χ0v) is 13.7. The highest BCUT2D eigenvalue weighted by Gasteiger charge is 2.08. The highest BCUT2D eigenvalue weighted by atomic mass is 79.9. The Labute approximate surface area is 133 Å². The summed E-state index contributed by atoms with van der Waals surface area (Å²) in [6.45, 7) is 1.91. The zero-order chi connectivity index (χ0) is 14.7. The van der Waals surface area contributed by atoms with E-state index in [1.165, 1.54) is 22.0 Å². The highest BCUT2D eigenvalue weighted by Crippen LogP contribution is 2.23. The van der Waals surface area contributed by atoms with Gasteiger partial charge >= 0.3 is 0 Å². The number of fused-ring (bicyclic) bond motifs is 1. The topological polar surface area (TPSA) is 17.0 Å². The van der Waals surface area contributed by atoms with Gasteiger partial charge in [-0.1, -0.05) is 46.3 Å². The molecule has 0 aliphatic rings. The van der Waals surface area contributed by atoms with Crippen molar-refractivity contribution in [2.75, 3.05) is 13.6 Å². The lowest BCUT2D eigenvalue weighted by Crippen LogP contribution is -2.10. The smallest absolute Gasteiger partial charge is 0.0486 e. The van der Waals surface area contributed by atoms with Crippen molar-refractivity contribution in [3.63, 3.8) is 0 Å². The number of benzene rings is 2. The van der Waals surface area contributed by atoms with Crippen molar-refractivity contribution < 1.29 is 0 Å². The minimum atomic E-state index is 0.902. The molecular formula is C18H19BrN2. The number of aromatic nitrogens is 1. The molecule has 3 heteroatoms. The SMILES string of the molecule is CNCCc1cn(Cc2cccc(Br)c2)c2ccccc12. The monoisotopic (exact) mass is 342 g/mol. The summed E-state index contributed by atoms with van der Waals surface area (Å²) in [6, 6.07) is 17.2. The molecule has 0 saturated heterocycles. The molecule has 1 aromatic heterocycles. The lowest BCUT2D eigenvalue weighted by Gasteiger charge is -2.06. The molecule has 0 saturated carbocycles. The lowest BCUT2D eigenvalue weighted by molar-refractivity contribution is 0.783. The minimum Gasteiger partial charge on any atom is -0.343 e. The molecule has 0 atom stereocenters. The van der Waals surface area contributed by atoms with Crippen molar-refractivity contribution in [3.8, 4) is 0 Å². The number of nitrogens with zero attached hydrogens (tertiary/aromatic N) is 1. The molecule has 0 radical (unpaired) electrons. The molecule has 1 heterocycles. The number of rotatable bonds is 5. The van der Waals surface area contributed by atoms with Gasteiger partial charge in [0.2, 0.25) is 0 Å². The van der Waals surface area contributed by atoms with E-state index >= 15 is 0 Å². The second kappa shape index (κ2) is 6.46. The Hall–Kier alpha value is -1.58. The molecule has 3 aromatic rings. The van der Waals surface area contributed by atoms with Gasteiger partial charge in [-0.15, -0.1) is 0 Å². The van der Waals surface area contributed by atoms with Crippen LogP contribution in [0.5, 0.6) is 0 Å². The van der Waals surface area contributed by atoms with Crippen LogP contribution in [-0.4, -0.2) is 18.2 Å². The summed E-state index contributed by atoms with van der Waals surface area (Å²) in [5.41, 5.74) is 4.03. The molecule has 1 N–H and O–H groups in total. The Morgan fingerprint density at radius 1 is 1.10 bits per heavy atom. The summed E-state index contributed by atoms with van der Waals surface area (Å²) in [4.78, 5) is 0. The fraction of sp³-hybridized carbons (Fsp3) is 0.222. The van der Waals surface area contributed by atoms with Crippen molar-refractivity contribution >= 4 is 26.8 Å². The van der Waals surface area contributed by atoms with Crippen LogP contribution in [0.3, 0.4) is 0 Å². The van der Waals surface area contributed by atoms with Crippen LogP contribution in [0.25, 0.3) is 10.9 Å². The number of hydrogen-bond acceptors (Lipinski definition) is 1. The second-order valence-electron chi connectivity index (χ2n) is 5.28. The predicted molar refractivity (Wildman–Crippen MR) is 92.8 cm³/mol. The lowest BCUT2D eigenvalue weighted by atomic mass is 10.1. The van der Waals surface area contributed by atoms with Crippen molar-refractivity contribution in [2.45, 2.75) is 13.0 Å². The van der Waals surface area contributed by atoms with Gasteiger partial charge in [0.1, 0.15) is 0 Å². The number of hydrogen-bond donors (Lipinski definition) is 1. The zero-order valence-electron chi connectivity index (χ0n) is 12.1. The van der Waals surface area contributed by atoms with Crippen molar-refractivity contribution in [2.24, 2.45) is 0 Å². The first-order valence-corrected chi connectivity index (χ1v) is 8.03. The van der Waals surface area contributed by atoms with Crippen LogP contribution < -0.4 is 5.32 Å². The van der Waals surface area contributed by atoms with Crippen LogP contribution in [0.1, 0.15) is 11.1 Å². The fourth-order valence-electron chi connectivity index (χ4n) is 2.74. The van der Waals surface area contributed by atoms with Crippen molar-refractivity contribution in [1.29, 1.82) is 0 Å². The van der Waals surface area contributed by atoms with Gasteiger partial charge in [-0.05, 0) is 49.3 Å². The quantitative estimate of drug-likeness (QED) is 0.734. The van der Waals surface area contributed by atoms with Gasteiger partial charge in [0.05, 0.1) is 0 Å². The maximum absolute atomic E-state index is 3.55. The van der Waals surface area contributed by atoms with Crippen LogP contribution in [0.2, 0.25) is 0 Å². The molecular weight excluding hydrogens is 324 g/mol. The van der Waals surface area contributed by atoms with E-state index in [0.717, 1.165) is 24.0 Å². The second-order valence-corrected chi connectivity index (χ2v) is 6.20. The summed E-state index contributed by atoms with van der Waals surface area (Å²) in [7, 11) is 2.00. The molecule has 2 nitrogen and oxygen atoms in total. The highest BCUT2D eigenvalue weighted by molar-refractivity contribution is 9.10. The molecule has 0 bridgehead atoms. The average molecular weight is 343 g/mol. The minimum absolute atomic E-state index is 0.902. The first-order chi connectivity index (χ1) is 10.3. The van der Waals surface area contributed by atoms with E-state index < -0.39 is 0 Å². The fourth-order valence-corrected chi connectivity index (χ4v) is 3.19. The number of nitrogens with one attached hydrogen (secondary N) is 1. The summed E-state index contributed by atoms with van der Waals surface area (Å²) in [5.74, 6) is 0. The van der Waals surface area contributed by atoms with Gasteiger partial charge in [0, 0.05) is 28.1 Å². The maximum atomic E-state index is 3.55. The number of halogens is 1. The van der Waals surface area contributed by atoms with E-state index in [1.54, 1.807) is 0 Å². The summed E-state index contributed by atoms with van der Waals surface area (Å²) in [5, 5.41) is 4.60. The third-order valence-corrected chi connectivity index (χ3v) is 4.25. The van der Waals surface area contributed by atoms with E-state index in [9.17, 15) is 0 Å². The van der Waals surface area contributed by atoms with Gasteiger partial charge in [-0.2, -0.15) is 0 Å². The van der Waals surface area contributed by atoms with Crippen LogP contribution in [0, 0.1) is 0 Å². The first-order valence-electron chi connectivity index (χ1n) is 7.24. The number of para-hydroxylation sites is 1. The first kappa shape index (κ1) is 14.4. The van der Waals surface area contributed by atoms with Gasteiger partial charge in [-0.25, -0.2) is 0 Å². The standard InChI is InChI=1S/C18H19BrN2/c1-20-10-9-15-13-21(18-8-3-2-7-17(15)18)12-14-5-4-6-16(19)11-14/h2-8,11,13,20H,9-10,12H2,1H3. The normalized spacial score (nSPS) is 11.1. The largest absolute Gasteiger partial charge is 0.343 e. The molecule has 2 aromatic carbocycles. The Morgan fingerprint density at radius 3 is 2.76 bits per heavy atom. The van der Waals surface area contributed by atoms with Gasteiger partial charge < -0.3 is 9.88 Å². The Kier molecular flexibility index (Phi) is 4.42. The molecule has 0 aliphatic carbocycles. The van der Waals surface area contributed by atoms with E-state index in [1.807, 2.05) is 7.05 Å². The summed E-state index contributed by atoms with van der Waals surface area (Å²) in [6.07, 6.45) is 3.35. The van der Waals surface area contributed by atoms with Gasteiger partial charge in [0.25, 0.3) is 0 Å². The molecule has 21 heavy (non-hydrogen) atoms. The molecule has 0 amide bonds. The Balaban J connectivity index is 1.98. The summed E-state index contributed by atoms with van der Waals surface area (Å²) < 4.78 is 3.48. The number of likely N-dealkylation sites (N-methyl/N-ethyl adjacent to an activating group) is 1. The molecule has 108 valence electrons. The van der Waals surface area contributed by atoms with E-state index in [4.69, 9.17) is 0 Å². The average Bonchev–Trinajstić information content (AvgIpc) is 2.84. The molecule has 0 spiro atoms. The van der Waals surface area contributed by atoms with E-state index in [0.29, 0.717) is 0 Å². The van der Waals surface area contributed by atoms with E-state index in [-0.39, 0.29) is 0 Å². The third-order valence-electron chi connectivity index (χ3n) is 3.76. The van der Waals surface area contributed by atoms with Crippen molar-refractivity contribution in [3.05, 3.63) is 70.3 Å². The van der Waals surface area contributed by atoms with Crippen LogP contribution >= 0.6 is 15.9 Å². The van der Waals surface area contributed by atoms with Crippen molar-refractivity contribution in [1.82, 2.24) is 9.88 Å².